The quantitative estimate of drug-likeness (QED) is 0.834. The number of nitrogens with two attached hydrogens (primary N) is 1. The molecule has 2 amide bonds. The molecule has 2 unspecified atom stereocenters. The molecular formula is C23H30N4O3. The molecule has 7 nitrogen and oxygen atoms in total. The third-order valence-electron chi connectivity index (χ3n) is 6.11. The van der Waals surface area contributed by atoms with Crippen molar-refractivity contribution in [2.75, 3.05) is 32.7 Å². The summed E-state index contributed by atoms with van der Waals surface area (Å²) in [6, 6.07) is 9.60. The number of likely N-dealkylation sites (tertiary alicyclic amines) is 1. The summed E-state index contributed by atoms with van der Waals surface area (Å²) >= 11 is 0. The highest BCUT2D eigenvalue weighted by atomic mass is 16.5. The highest BCUT2D eigenvalue weighted by Gasteiger charge is 2.30. The predicted molar refractivity (Wildman–Crippen MR) is 115 cm³/mol. The molecule has 0 saturated carbocycles. The Morgan fingerprint density at radius 2 is 1.80 bits per heavy atom. The molecule has 2 saturated heterocycles. The van der Waals surface area contributed by atoms with Crippen molar-refractivity contribution in [3.63, 3.8) is 0 Å². The zero-order valence-corrected chi connectivity index (χ0v) is 17.7. The van der Waals surface area contributed by atoms with Crippen LogP contribution in [0.4, 0.5) is 0 Å². The summed E-state index contributed by atoms with van der Waals surface area (Å²) < 4.78 is 5.76. The standard InChI is InChI=1S/C23H30N4O3/c1-15-12-26(13-16(2)30-15)14-21(28)27-9-7-17(8-10-27)22-19(23(24)29)11-18-5-3-4-6-20(18)25-22/h3-6,11,15-17H,7-10,12-14H2,1-2H3,(H2,24,29). The molecule has 7 heteroatoms. The number of primary amides is 1. The molecule has 2 fully saturated rings. The molecular weight excluding hydrogens is 380 g/mol. The van der Waals surface area contributed by atoms with Crippen molar-refractivity contribution in [2.24, 2.45) is 5.73 Å². The van der Waals surface area contributed by atoms with Crippen LogP contribution in [0.15, 0.2) is 30.3 Å². The smallest absolute Gasteiger partial charge is 0.250 e. The number of pyridine rings is 1. The first-order valence-electron chi connectivity index (χ1n) is 10.8. The average Bonchev–Trinajstić information content (AvgIpc) is 2.72. The van der Waals surface area contributed by atoms with Crippen molar-refractivity contribution < 1.29 is 14.3 Å². The molecule has 2 N–H and O–H groups in total. The Morgan fingerprint density at radius 3 is 2.47 bits per heavy atom. The Hall–Kier alpha value is -2.51. The Bertz CT molecular complexity index is 929. The molecule has 2 aliphatic heterocycles. The summed E-state index contributed by atoms with van der Waals surface area (Å²) in [7, 11) is 0. The van der Waals surface area contributed by atoms with Crippen LogP contribution in [-0.2, 0) is 9.53 Å². The second kappa shape index (κ2) is 8.70. The van der Waals surface area contributed by atoms with Crippen molar-refractivity contribution in [3.05, 3.63) is 41.6 Å². The number of amides is 2. The Kier molecular flexibility index (Phi) is 6.01. The van der Waals surface area contributed by atoms with Crippen LogP contribution in [0.3, 0.4) is 0 Å². The van der Waals surface area contributed by atoms with E-state index in [9.17, 15) is 9.59 Å². The van der Waals surface area contributed by atoms with Gasteiger partial charge in [0, 0.05) is 37.5 Å². The third-order valence-corrected chi connectivity index (χ3v) is 6.11. The van der Waals surface area contributed by atoms with E-state index in [2.05, 4.69) is 4.90 Å². The van der Waals surface area contributed by atoms with Gasteiger partial charge in [0.2, 0.25) is 5.91 Å². The van der Waals surface area contributed by atoms with Gasteiger partial charge in [-0.1, -0.05) is 18.2 Å². The van der Waals surface area contributed by atoms with Gasteiger partial charge >= 0.3 is 0 Å². The summed E-state index contributed by atoms with van der Waals surface area (Å²) in [5.74, 6) is -0.154. The fourth-order valence-electron chi connectivity index (χ4n) is 4.75. The maximum absolute atomic E-state index is 12.8. The minimum atomic E-state index is -0.447. The lowest BCUT2D eigenvalue weighted by molar-refractivity contribution is -0.136. The van der Waals surface area contributed by atoms with Gasteiger partial charge in [0.1, 0.15) is 0 Å². The van der Waals surface area contributed by atoms with Gasteiger partial charge in [-0.05, 0) is 38.8 Å². The van der Waals surface area contributed by atoms with Gasteiger partial charge in [0.15, 0.2) is 0 Å². The number of fused-ring (bicyclic) bond motifs is 1. The van der Waals surface area contributed by atoms with Crippen LogP contribution < -0.4 is 5.73 Å². The van der Waals surface area contributed by atoms with Crippen molar-refractivity contribution in [3.8, 4) is 0 Å². The molecule has 160 valence electrons. The normalized spacial score (nSPS) is 23.6. The lowest BCUT2D eigenvalue weighted by Gasteiger charge is -2.37. The number of rotatable bonds is 4. The van der Waals surface area contributed by atoms with Crippen molar-refractivity contribution in [1.29, 1.82) is 0 Å². The van der Waals surface area contributed by atoms with Crippen LogP contribution in [0, 0.1) is 0 Å². The summed E-state index contributed by atoms with van der Waals surface area (Å²) in [5.41, 5.74) is 7.79. The van der Waals surface area contributed by atoms with Crippen LogP contribution in [0.2, 0.25) is 0 Å². The maximum atomic E-state index is 12.8. The topological polar surface area (TPSA) is 88.8 Å². The molecule has 2 aromatic rings. The van der Waals surface area contributed by atoms with E-state index >= 15 is 0 Å². The zero-order chi connectivity index (χ0) is 21.3. The summed E-state index contributed by atoms with van der Waals surface area (Å²) in [6.45, 7) is 7.45. The van der Waals surface area contributed by atoms with E-state index in [-0.39, 0.29) is 24.0 Å². The second-order valence-corrected chi connectivity index (χ2v) is 8.58. The highest BCUT2D eigenvalue weighted by Crippen LogP contribution is 2.31. The summed E-state index contributed by atoms with van der Waals surface area (Å²) in [5, 5.41) is 0.914. The first-order valence-corrected chi connectivity index (χ1v) is 10.8. The van der Waals surface area contributed by atoms with Gasteiger partial charge < -0.3 is 15.4 Å². The van der Waals surface area contributed by atoms with E-state index < -0.39 is 5.91 Å². The number of hydrogen-bond donors (Lipinski definition) is 1. The van der Waals surface area contributed by atoms with Gasteiger partial charge in [-0.2, -0.15) is 0 Å². The Morgan fingerprint density at radius 1 is 1.13 bits per heavy atom. The fraction of sp³-hybridized carbons (Fsp3) is 0.522. The molecule has 1 aromatic carbocycles. The lowest BCUT2D eigenvalue weighted by Crippen LogP contribution is -2.50. The molecule has 3 heterocycles. The highest BCUT2D eigenvalue weighted by molar-refractivity contribution is 5.97. The Balaban J connectivity index is 1.42. The van der Waals surface area contributed by atoms with Gasteiger partial charge in [-0.3, -0.25) is 19.5 Å². The van der Waals surface area contributed by atoms with Crippen LogP contribution in [0.5, 0.6) is 0 Å². The van der Waals surface area contributed by atoms with E-state index in [1.54, 1.807) is 0 Å². The number of morpholine rings is 1. The second-order valence-electron chi connectivity index (χ2n) is 8.58. The van der Waals surface area contributed by atoms with Crippen LogP contribution in [0.25, 0.3) is 10.9 Å². The fourth-order valence-corrected chi connectivity index (χ4v) is 4.75. The van der Waals surface area contributed by atoms with Crippen LogP contribution in [-0.4, -0.2) is 71.5 Å². The molecule has 2 aliphatic rings. The van der Waals surface area contributed by atoms with Crippen molar-refractivity contribution >= 4 is 22.7 Å². The first kappa shape index (κ1) is 20.8. The zero-order valence-electron chi connectivity index (χ0n) is 17.7. The molecule has 0 spiro atoms. The third kappa shape index (κ3) is 4.47. The molecule has 0 radical (unpaired) electrons. The lowest BCUT2D eigenvalue weighted by atomic mass is 9.89. The van der Waals surface area contributed by atoms with Gasteiger partial charge in [0.05, 0.1) is 35.5 Å². The maximum Gasteiger partial charge on any atom is 0.250 e. The van der Waals surface area contributed by atoms with Gasteiger partial charge in [-0.15, -0.1) is 0 Å². The van der Waals surface area contributed by atoms with E-state index in [0.29, 0.717) is 25.2 Å². The number of benzene rings is 1. The number of aromatic nitrogens is 1. The van der Waals surface area contributed by atoms with Crippen LogP contribution >= 0.6 is 0 Å². The Labute approximate surface area is 177 Å². The number of carbonyl (C=O) groups excluding carboxylic acids is 2. The van der Waals surface area contributed by atoms with Crippen LogP contribution in [0.1, 0.15) is 48.7 Å². The van der Waals surface area contributed by atoms with E-state index in [1.165, 1.54) is 0 Å². The minimum absolute atomic E-state index is 0.129. The summed E-state index contributed by atoms with van der Waals surface area (Å²) in [6.07, 6.45) is 1.87. The number of carbonyl (C=O) groups is 2. The van der Waals surface area contributed by atoms with Gasteiger partial charge in [0.25, 0.3) is 5.91 Å². The number of para-hydroxylation sites is 1. The molecule has 4 rings (SSSR count). The molecule has 1 aromatic heterocycles. The minimum Gasteiger partial charge on any atom is -0.373 e. The van der Waals surface area contributed by atoms with Gasteiger partial charge in [-0.25, -0.2) is 0 Å². The summed E-state index contributed by atoms with van der Waals surface area (Å²) in [4.78, 5) is 33.8. The monoisotopic (exact) mass is 410 g/mol. The van der Waals surface area contributed by atoms with E-state index in [1.807, 2.05) is 49.1 Å². The van der Waals surface area contributed by atoms with Crippen molar-refractivity contribution in [1.82, 2.24) is 14.8 Å². The molecule has 2 atom stereocenters. The number of hydrogen-bond acceptors (Lipinski definition) is 5. The predicted octanol–water partition coefficient (Wildman–Crippen LogP) is 2.15. The number of nitrogens with zero attached hydrogens (tertiary/aromatic N) is 3. The SMILES string of the molecule is CC1CN(CC(=O)N2CCC(c3nc4ccccc4cc3C(N)=O)CC2)CC(C)O1. The number of piperidine rings is 1. The van der Waals surface area contributed by atoms with Crippen molar-refractivity contribution in [2.45, 2.75) is 44.8 Å². The number of ether oxygens (including phenoxy) is 1. The first-order chi connectivity index (χ1) is 14.4. The largest absolute Gasteiger partial charge is 0.373 e. The molecule has 0 bridgehead atoms. The van der Waals surface area contributed by atoms with E-state index in [0.717, 1.165) is 42.5 Å². The average molecular weight is 411 g/mol. The molecule has 30 heavy (non-hydrogen) atoms. The molecule has 0 aliphatic carbocycles. The van der Waals surface area contributed by atoms with E-state index in [4.69, 9.17) is 15.5 Å².